The first kappa shape index (κ1) is 18.8. The van der Waals surface area contributed by atoms with Gasteiger partial charge in [0.25, 0.3) is 0 Å². The standard InChI is InChI=1S/C23H30N4O2/c1-16(19-3-5-20(6-4-19)27-15-24-14-25-27)26(2)21(28)12-22-8-17-7-18(9-22)11-23(29,10-17)13-22/h3-6,14-18,29H,7-13H2,1-2H3/t16-,17-,18+,22?,23?/m1/s1. The maximum absolute atomic E-state index is 13.2. The first-order chi connectivity index (χ1) is 13.8. The molecule has 154 valence electrons. The summed E-state index contributed by atoms with van der Waals surface area (Å²) < 4.78 is 1.72. The summed E-state index contributed by atoms with van der Waals surface area (Å²) in [5.74, 6) is 1.42. The van der Waals surface area contributed by atoms with Gasteiger partial charge in [-0.1, -0.05) is 12.1 Å². The molecule has 4 fully saturated rings. The number of benzene rings is 1. The van der Waals surface area contributed by atoms with E-state index in [0.717, 1.165) is 43.4 Å². The Bertz CT molecular complexity index is 878. The molecule has 1 aromatic carbocycles. The quantitative estimate of drug-likeness (QED) is 0.842. The molecule has 4 aliphatic carbocycles. The van der Waals surface area contributed by atoms with Crippen molar-refractivity contribution in [3.8, 4) is 5.69 Å². The van der Waals surface area contributed by atoms with E-state index in [-0.39, 0.29) is 17.4 Å². The van der Waals surface area contributed by atoms with Gasteiger partial charge in [-0.15, -0.1) is 0 Å². The van der Waals surface area contributed by atoms with E-state index in [2.05, 4.69) is 29.1 Å². The van der Waals surface area contributed by atoms with Crippen LogP contribution in [0.3, 0.4) is 0 Å². The van der Waals surface area contributed by atoms with E-state index >= 15 is 0 Å². The van der Waals surface area contributed by atoms with Crippen molar-refractivity contribution in [2.45, 2.75) is 63.5 Å². The van der Waals surface area contributed by atoms with E-state index in [0.29, 0.717) is 18.3 Å². The normalized spacial score (nSPS) is 33.6. The molecule has 4 aliphatic rings. The molecule has 4 bridgehead atoms. The molecule has 1 amide bonds. The van der Waals surface area contributed by atoms with E-state index in [4.69, 9.17) is 0 Å². The Morgan fingerprint density at radius 1 is 1.24 bits per heavy atom. The van der Waals surface area contributed by atoms with Crippen molar-refractivity contribution in [1.29, 1.82) is 0 Å². The van der Waals surface area contributed by atoms with Crippen molar-refractivity contribution in [1.82, 2.24) is 19.7 Å². The molecule has 4 saturated carbocycles. The Kier molecular flexibility index (Phi) is 4.32. The number of rotatable bonds is 5. The number of aromatic nitrogens is 3. The van der Waals surface area contributed by atoms with E-state index in [1.807, 2.05) is 24.1 Å². The maximum atomic E-state index is 13.2. The van der Waals surface area contributed by atoms with Gasteiger partial charge in [0.05, 0.1) is 17.3 Å². The number of carbonyl (C=O) groups excluding carboxylic acids is 1. The predicted molar refractivity (Wildman–Crippen MR) is 109 cm³/mol. The van der Waals surface area contributed by atoms with Crippen LogP contribution in [0.25, 0.3) is 5.69 Å². The molecule has 6 heteroatoms. The Labute approximate surface area is 171 Å². The molecule has 0 radical (unpaired) electrons. The maximum Gasteiger partial charge on any atom is 0.223 e. The van der Waals surface area contributed by atoms with Crippen LogP contribution in [0.4, 0.5) is 0 Å². The summed E-state index contributed by atoms with van der Waals surface area (Å²) in [6.45, 7) is 2.08. The summed E-state index contributed by atoms with van der Waals surface area (Å²) in [4.78, 5) is 19.1. The van der Waals surface area contributed by atoms with Crippen molar-refractivity contribution in [2.24, 2.45) is 17.3 Å². The number of amides is 1. The highest BCUT2D eigenvalue weighted by Crippen LogP contribution is 2.62. The molecule has 0 aliphatic heterocycles. The Balaban J connectivity index is 1.28. The lowest BCUT2D eigenvalue weighted by Crippen LogP contribution is -2.56. The van der Waals surface area contributed by atoms with Gasteiger partial charge >= 0.3 is 0 Å². The lowest BCUT2D eigenvalue weighted by Gasteiger charge is -2.60. The van der Waals surface area contributed by atoms with Crippen LogP contribution in [-0.4, -0.2) is 43.3 Å². The lowest BCUT2D eigenvalue weighted by atomic mass is 9.47. The first-order valence-corrected chi connectivity index (χ1v) is 10.8. The number of hydrogen-bond acceptors (Lipinski definition) is 4. The largest absolute Gasteiger partial charge is 0.390 e. The van der Waals surface area contributed by atoms with E-state index < -0.39 is 5.60 Å². The molecule has 5 atom stereocenters. The monoisotopic (exact) mass is 394 g/mol. The van der Waals surface area contributed by atoms with Gasteiger partial charge in [0.2, 0.25) is 5.91 Å². The Morgan fingerprint density at radius 3 is 2.52 bits per heavy atom. The highest BCUT2D eigenvalue weighted by atomic mass is 16.3. The average molecular weight is 395 g/mol. The number of aliphatic hydroxyl groups is 1. The molecule has 6 nitrogen and oxygen atoms in total. The first-order valence-electron chi connectivity index (χ1n) is 10.8. The van der Waals surface area contributed by atoms with Gasteiger partial charge in [-0.3, -0.25) is 4.79 Å². The second-order valence-electron chi connectivity index (χ2n) is 9.97. The van der Waals surface area contributed by atoms with Crippen molar-refractivity contribution >= 4 is 5.91 Å². The zero-order valence-electron chi connectivity index (χ0n) is 17.3. The van der Waals surface area contributed by atoms with E-state index in [1.165, 1.54) is 12.7 Å². The van der Waals surface area contributed by atoms with Gasteiger partial charge in [-0.05, 0) is 80.4 Å². The zero-order valence-corrected chi connectivity index (χ0v) is 17.3. The molecule has 1 N–H and O–H groups in total. The van der Waals surface area contributed by atoms with Crippen molar-refractivity contribution in [2.75, 3.05) is 7.05 Å². The van der Waals surface area contributed by atoms with Gasteiger partial charge in [0.1, 0.15) is 12.7 Å². The topological polar surface area (TPSA) is 71.2 Å². The van der Waals surface area contributed by atoms with Crippen LogP contribution in [-0.2, 0) is 4.79 Å². The van der Waals surface area contributed by atoms with Crippen LogP contribution in [0.2, 0.25) is 0 Å². The molecular formula is C23H30N4O2. The van der Waals surface area contributed by atoms with Crippen LogP contribution >= 0.6 is 0 Å². The minimum atomic E-state index is -0.508. The van der Waals surface area contributed by atoms with Crippen LogP contribution in [0.5, 0.6) is 0 Å². The van der Waals surface area contributed by atoms with Gasteiger partial charge in [-0.25, -0.2) is 9.67 Å². The number of nitrogens with zero attached hydrogens (tertiary/aromatic N) is 4. The Morgan fingerprint density at radius 2 is 1.93 bits per heavy atom. The number of hydrogen-bond donors (Lipinski definition) is 1. The molecule has 29 heavy (non-hydrogen) atoms. The molecule has 1 aromatic heterocycles. The third-order valence-corrected chi connectivity index (χ3v) is 7.71. The van der Waals surface area contributed by atoms with Crippen LogP contribution < -0.4 is 0 Å². The van der Waals surface area contributed by atoms with E-state index in [1.54, 1.807) is 11.0 Å². The van der Waals surface area contributed by atoms with Gasteiger partial charge in [0.15, 0.2) is 0 Å². The lowest BCUT2D eigenvalue weighted by molar-refractivity contribution is -0.172. The van der Waals surface area contributed by atoms with Crippen molar-refractivity contribution < 1.29 is 9.90 Å². The van der Waals surface area contributed by atoms with Crippen molar-refractivity contribution in [3.05, 3.63) is 42.5 Å². The smallest absolute Gasteiger partial charge is 0.223 e. The number of carbonyl (C=O) groups is 1. The van der Waals surface area contributed by atoms with E-state index in [9.17, 15) is 9.90 Å². The highest BCUT2D eigenvalue weighted by molar-refractivity contribution is 5.77. The van der Waals surface area contributed by atoms with Crippen LogP contribution in [0.15, 0.2) is 36.9 Å². The van der Waals surface area contributed by atoms with Gasteiger partial charge < -0.3 is 10.0 Å². The molecule has 2 aromatic rings. The van der Waals surface area contributed by atoms with Gasteiger partial charge in [0, 0.05) is 13.5 Å². The van der Waals surface area contributed by atoms with Crippen LogP contribution in [0.1, 0.15) is 63.5 Å². The fourth-order valence-electron chi connectivity index (χ4n) is 6.74. The summed E-state index contributed by atoms with van der Waals surface area (Å²) in [6, 6.07) is 8.13. The summed E-state index contributed by atoms with van der Waals surface area (Å²) in [6.07, 6.45) is 9.96. The molecule has 6 rings (SSSR count). The summed E-state index contributed by atoms with van der Waals surface area (Å²) in [5, 5.41) is 15.1. The fourth-order valence-corrected chi connectivity index (χ4v) is 6.74. The second kappa shape index (κ2) is 6.66. The average Bonchev–Trinajstić information content (AvgIpc) is 3.19. The summed E-state index contributed by atoms with van der Waals surface area (Å²) in [7, 11) is 1.91. The summed E-state index contributed by atoms with van der Waals surface area (Å²) >= 11 is 0. The van der Waals surface area contributed by atoms with Gasteiger partial charge in [-0.2, -0.15) is 5.10 Å². The molecule has 0 spiro atoms. The molecule has 0 saturated heterocycles. The fraction of sp³-hybridized carbons (Fsp3) is 0.609. The minimum absolute atomic E-state index is 0.00398. The SMILES string of the molecule is C[C@H](c1ccc(-n2cncn2)cc1)N(C)C(=O)CC12C[C@@H]3C[C@@H](CC(O)(C3)C1)C2. The predicted octanol–water partition coefficient (Wildman–Crippen LogP) is 3.51. The molecule has 2 unspecified atom stereocenters. The molecular weight excluding hydrogens is 364 g/mol. The third-order valence-electron chi connectivity index (χ3n) is 7.71. The highest BCUT2D eigenvalue weighted by Gasteiger charge is 2.57. The second-order valence-corrected chi connectivity index (χ2v) is 9.97. The third kappa shape index (κ3) is 3.37. The van der Waals surface area contributed by atoms with Crippen molar-refractivity contribution in [3.63, 3.8) is 0 Å². The molecule has 1 heterocycles. The summed E-state index contributed by atoms with van der Waals surface area (Å²) in [5.41, 5.74) is 1.56. The Hall–Kier alpha value is -2.21. The van der Waals surface area contributed by atoms with Crippen LogP contribution in [0, 0.1) is 17.3 Å². The minimum Gasteiger partial charge on any atom is -0.390 e. The zero-order chi connectivity index (χ0) is 20.2.